The molecule has 2 aliphatic heterocycles. The number of halogens is 3. The van der Waals surface area contributed by atoms with Crippen LogP contribution in [0.4, 0.5) is 4.39 Å². The molecule has 0 bridgehead atoms. The molecule has 0 atom stereocenters. The number of rotatable bonds is 24. The van der Waals surface area contributed by atoms with Gasteiger partial charge in [0.15, 0.2) is 0 Å². The molecular formula is C38H55Br2FN2S3. The highest BCUT2D eigenvalue weighted by Crippen LogP contribution is 2.49. The van der Waals surface area contributed by atoms with E-state index in [1.54, 1.807) is 28.7 Å². The number of thiophene rings is 2. The Kier molecular flexibility index (Phi) is 17.9. The summed E-state index contributed by atoms with van der Waals surface area (Å²) in [5.74, 6) is -0.151. The van der Waals surface area contributed by atoms with Gasteiger partial charge in [0.25, 0.3) is 0 Å². The zero-order valence-electron chi connectivity index (χ0n) is 28.2. The van der Waals surface area contributed by atoms with Crippen LogP contribution in [0, 0.1) is 0 Å². The van der Waals surface area contributed by atoms with E-state index in [-0.39, 0.29) is 5.83 Å². The number of fused-ring (bicyclic) bond motifs is 1. The largest absolute Gasteiger partial charge is 0.316 e. The molecule has 8 heteroatoms. The Morgan fingerprint density at radius 3 is 1.54 bits per heavy atom. The molecule has 46 heavy (non-hydrogen) atoms. The summed E-state index contributed by atoms with van der Waals surface area (Å²) in [6, 6.07) is 4.49. The standard InChI is InChI=1S/C38H55Br2FN2S3/c1-3-5-7-9-11-13-15-17-19-21-23-29-25-34(44-37(29)39)32-27-31(41)36(33-28-42-46-43(32)33)35-26-30(38(40)45-35)24-22-20-18-16-14-12-10-8-6-4-2/h25-28,42H,3-24H2,1-2H3. The van der Waals surface area contributed by atoms with Crippen LogP contribution in [0.3, 0.4) is 0 Å². The van der Waals surface area contributed by atoms with Crippen molar-refractivity contribution in [2.24, 2.45) is 0 Å². The quantitative estimate of drug-likeness (QED) is 0.0839. The van der Waals surface area contributed by atoms with Gasteiger partial charge in [-0.15, -0.1) is 22.7 Å². The van der Waals surface area contributed by atoms with Crippen LogP contribution in [0.25, 0.3) is 11.3 Å². The van der Waals surface area contributed by atoms with Crippen molar-refractivity contribution < 1.29 is 4.39 Å². The molecule has 0 amide bonds. The van der Waals surface area contributed by atoms with Crippen LogP contribution < -0.4 is 4.72 Å². The Bertz CT molecular complexity index is 1290. The van der Waals surface area contributed by atoms with E-state index >= 15 is 4.39 Å². The minimum atomic E-state index is -0.151. The van der Waals surface area contributed by atoms with Crippen LogP contribution >= 0.6 is 66.7 Å². The smallest absolute Gasteiger partial charge is 0.136 e. The molecule has 2 aliphatic rings. The molecule has 0 fully saturated rings. The highest BCUT2D eigenvalue weighted by atomic mass is 79.9. The molecule has 0 aromatic carbocycles. The third-order valence-electron chi connectivity index (χ3n) is 9.15. The molecule has 0 spiro atoms. The van der Waals surface area contributed by atoms with Crippen molar-refractivity contribution in [1.82, 2.24) is 9.03 Å². The average Bonchev–Trinajstić information content (AvgIpc) is 3.77. The van der Waals surface area contributed by atoms with E-state index in [2.05, 4.69) is 66.9 Å². The molecule has 0 saturated heterocycles. The lowest BCUT2D eigenvalue weighted by Gasteiger charge is -2.26. The predicted octanol–water partition coefficient (Wildman–Crippen LogP) is 15.3. The molecule has 4 rings (SSSR count). The van der Waals surface area contributed by atoms with Gasteiger partial charge in [0.2, 0.25) is 0 Å². The highest BCUT2D eigenvalue weighted by molar-refractivity contribution is 9.11. The van der Waals surface area contributed by atoms with Gasteiger partial charge in [-0.3, -0.25) is 4.31 Å². The second-order valence-electron chi connectivity index (χ2n) is 13.0. The molecule has 2 nitrogen and oxygen atoms in total. The van der Waals surface area contributed by atoms with Gasteiger partial charge >= 0.3 is 0 Å². The van der Waals surface area contributed by atoms with E-state index < -0.39 is 0 Å². The van der Waals surface area contributed by atoms with Gasteiger partial charge in [-0.05, 0) is 80.8 Å². The first-order chi connectivity index (χ1) is 22.5. The molecule has 0 saturated carbocycles. The lowest BCUT2D eigenvalue weighted by Crippen LogP contribution is -2.15. The Balaban J connectivity index is 1.29. The SMILES string of the molecule is CCCCCCCCCCCCc1cc(C2=CC(F)=C(c3cc(CCCCCCCCCCCC)c(Br)s3)C3=CNSN32)sc1Br. The number of aryl methyl sites for hydroxylation is 2. The summed E-state index contributed by atoms with van der Waals surface area (Å²) in [5.41, 5.74) is 5.17. The van der Waals surface area contributed by atoms with Crippen LogP contribution in [-0.2, 0) is 12.8 Å². The molecular weight excluding hydrogens is 759 g/mol. The first kappa shape index (κ1) is 38.3. The van der Waals surface area contributed by atoms with Crippen LogP contribution in [0.5, 0.6) is 0 Å². The molecule has 0 aliphatic carbocycles. The summed E-state index contributed by atoms with van der Waals surface area (Å²) in [7, 11) is 0. The minimum Gasteiger partial charge on any atom is -0.316 e. The van der Waals surface area contributed by atoms with Crippen molar-refractivity contribution >= 4 is 77.9 Å². The second kappa shape index (κ2) is 21.5. The van der Waals surface area contributed by atoms with Gasteiger partial charge in [0, 0.05) is 17.2 Å². The summed E-state index contributed by atoms with van der Waals surface area (Å²) in [4.78, 5) is 2.11. The van der Waals surface area contributed by atoms with Gasteiger partial charge < -0.3 is 4.72 Å². The van der Waals surface area contributed by atoms with E-state index in [9.17, 15) is 0 Å². The number of nitrogens with zero attached hydrogens (tertiary/aromatic N) is 1. The van der Waals surface area contributed by atoms with Crippen LogP contribution in [0.2, 0.25) is 0 Å². The van der Waals surface area contributed by atoms with Crippen molar-refractivity contribution in [3.05, 3.63) is 64.4 Å². The van der Waals surface area contributed by atoms with Gasteiger partial charge in [-0.2, -0.15) is 0 Å². The number of nitrogens with one attached hydrogen (secondary N) is 1. The highest BCUT2D eigenvalue weighted by Gasteiger charge is 2.33. The van der Waals surface area contributed by atoms with Crippen molar-refractivity contribution in [1.29, 1.82) is 0 Å². The van der Waals surface area contributed by atoms with Crippen molar-refractivity contribution in [3.63, 3.8) is 0 Å². The normalized spacial score (nSPS) is 14.6. The molecule has 2 aromatic heterocycles. The molecule has 0 radical (unpaired) electrons. The van der Waals surface area contributed by atoms with E-state index in [4.69, 9.17) is 0 Å². The summed E-state index contributed by atoms with van der Waals surface area (Å²) < 4.78 is 23.8. The zero-order chi connectivity index (χ0) is 32.6. The third-order valence-corrected chi connectivity index (χ3v) is 13.9. The summed E-state index contributed by atoms with van der Waals surface area (Å²) in [5, 5.41) is 0. The van der Waals surface area contributed by atoms with Crippen LogP contribution in [-0.4, -0.2) is 4.31 Å². The first-order valence-corrected chi connectivity index (χ1v) is 22.1. The molecule has 4 heterocycles. The monoisotopic (exact) mass is 812 g/mol. The maximum atomic E-state index is 16.0. The molecule has 2 aromatic rings. The van der Waals surface area contributed by atoms with Gasteiger partial charge in [-0.25, -0.2) is 4.39 Å². The van der Waals surface area contributed by atoms with Gasteiger partial charge in [0.1, 0.15) is 5.83 Å². The average molecular weight is 815 g/mol. The lowest BCUT2D eigenvalue weighted by molar-refractivity contribution is 0.556. The van der Waals surface area contributed by atoms with Crippen LogP contribution in [0.1, 0.15) is 163 Å². The molecule has 0 unspecified atom stereocenters. The van der Waals surface area contributed by atoms with E-state index in [1.807, 2.05) is 6.20 Å². The van der Waals surface area contributed by atoms with E-state index in [0.717, 1.165) is 37.8 Å². The second-order valence-corrected chi connectivity index (χ2v) is 18.5. The van der Waals surface area contributed by atoms with Gasteiger partial charge in [0.05, 0.1) is 41.6 Å². The van der Waals surface area contributed by atoms with Crippen molar-refractivity contribution in [2.45, 2.75) is 155 Å². The predicted molar refractivity (Wildman–Crippen MR) is 212 cm³/mol. The minimum absolute atomic E-state index is 0.151. The fourth-order valence-electron chi connectivity index (χ4n) is 6.39. The number of hydrogen-bond donors (Lipinski definition) is 1. The Morgan fingerprint density at radius 1 is 0.609 bits per heavy atom. The topological polar surface area (TPSA) is 15.3 Å². The summed E-state index contributed by atoms with van der Waals surface area (Å²) in [6.45, 7) is 4.56. The maximum Gasteiger partial charge on any atom is 0.136 e. The summed E-state index contributed by atoms with van der Waals surface area (Å²) >= 11 is 12.5. The van der Waals surface area contributed by atoms with E-state index in [0.29, 0.717) is 5.57 Å². The lowest BCUT2D eigenvalue weighted by atomic mass is 10.0. The Morgan fingerprint density at radius 2 is 1.04 bits per heavy atom. The third kappa shape index (κ3) is 11.8. The van der Waals surface area contributed by atoms with E-state index in [1.165, 1.54) is 155 Å². The number of allylic oxidation sites excluding steroid dienone is 3. The van der Waals surface area contributed by atoms with Gasteiger partial charge in [-0.1, -0.05) is 129 Å². The van der Waals surface area contributed by atoms with Crippen molar-refractivity contribution in [3.8, 4) is 0 Å². The zero-order valence-corrected chi connectivity index (χ0v) is 33.8. The molecule has 1 N–H and O–H groups in total. The molecule has 256 valence electrons. The fraction of sp³-hybridized carbons (Fsp3) is 0.632. The number of hydrogen-bond acceptors (Lipinski definition) is 5. The Labute approximate surface area is 308 Å². The summed E-state index contributed by atoms with van der Waals surface area (Å²) in [6.07, 6.45) is 32.7. The first-order valence-electron chi connectivity index (χ1n) is 18.1. The Hall–Kier alpha value is -0.540. The fourth-order valence-corrected chi connectivity index (χ4v) is 10.8. The van der Waals surface area contributed by atoms with Crippen LogP contribution in [0.15, 0.2) is 43.5 Å². The maximum absolute atomic E-state index is 16.0. The number of unbranched alkanes of at least 4 members (excludes halogenated alkanes) is 18. The van der Waals surface area contributed by atoms with Crippen molar-refractivity contribution in [2.75, 3.05) is 0 Å².